The van der Waals surface area contributed by atoms with Crippen LogP contribution in [0.3, 0.4) is 0 Å². The highest BCUT2D eigenvalue weighted by atomic mass is 19.1. The van der Waals surface area contributed by atoms with E-state index in [4.69, 9.17) is 0 Å². The third kappa shape index (κ3) is 3.57. The second-order valence-electron chi connectivity index (χ2n) is 8.92. The standard InChI is InChI=1S/C25H32FN5/c1-4-9-30(10-5-2)24-13-17-12-19(6-7-22(17)28-24)31-11-8-23-21(16-31)20-14-18(26)15-27-25(20)29(23)3/h6-7,12,14-15,24,28H,4-5,8-11,13,16H2,1-3H3. The Morgan fingerprint density at radius 3 is 2.77 bits per heavy atom. The number of nitrogens with zero attached hydrogens (tertiary/aromatic N) is 4. The van der Waals surface area contributed by atoms with E-state index in [-0.39, 0.29) is 5.82 Å². The molecule has 1 N–H and O–H groups in total. The third-order valence-corrected chi connectivity index (χ3v) is 6.85. The molecule has 31 heavy (non-hydrogen) atoms. The van der Waals surface area contributed by atoms with E-state index >= 15 is 0 Å². The first-order valence-electron chi connectivity index (χ1n) is 11.6. The third-order valence-electron chi connectivity index (χ3n) is 6.85. The molecule has 0 spiro atoms. The van der Waals surface area contributed by atoms with Crippen LogP contribution in [0, 0.1) is 5.82 Å². The SMILES string of the molecule is CCCN(CCC)C1Cc2cc(N3CCc4c(c5cc(F)cnc5n4C)C3)ccc2N1. The number of halogens is 1. The van der Waals surface area contributed by atoms with Crippen LogP contribution in [0.5, 0.6) is 0 Å². The molecule has 0 fully saturated rings. The van der Waals surface area contributed by atoms with E-state index in [0.717, 1.165) is 50.1 Å². The lowest BCUT2D eigenvalue weighted by atomic mass is 10.0. The molecule has 5 rings (SSSR count). The van der Waals surface area contributed by atoms with Gasteiger partial charge in [0.05, 0.1) is 12.4 Å². The molecule has 3 aromatic rings. The normalized spacial score (nSPS) is 17.8. The number of aryl methyl sites for hydroxylation is 1. The molecule has 1 unspecified atom stereocenters. The van der Waals surface area contributed by atoms with Gasteiger partial charge in [0.15, 0.2) is 0 Å². The van der Waals surface area contributed by atoms with Crippen molar-refractivity contribution in [3.05, 3.63) is 53.1 Å². The summed E-state index contributed by atoms with van der Waals surface area (Å²) in [4.78, 5) is 9.34. The monoisotopic (exact) mass is 421 g/mol. The molecule has 5 nitrogen and oxygen atoms in total. The van der Waals surface area contributed by atoms with E-state index in [9.17, 15) is 4.39 Å². The molecule has 0 saturated carbocycles. The smallest absolute Gasteiger partial charge is 0.142 e. The lowest BCUT2D eigenvalue weighted by molar-refractivity contribution is 0.220. The molecule has 164 valence electrons. The highest BCUT2D eigenvalue weighted by Crippen LogP contribution is 2.35. The van der Waals surface area contributed by atoms with Crippen LogP contribution in [0.25, 0.3) is 11.0 Å². The van der Waals surface area contributed by atoms with E-state index < -0.39 is 0 Å². The minimum atomic E-state index is -0.267. The highest BCUT2D eigenvalue weighted by molar-refractivity contribution is 5.83. The zero-order chi connectivity index (χ0) is 21.5. The lowest BCUT2D eigenvalue weighted by Gasteiger charge is -2.30. The van der Waals surface area contributed by atoms with E-state index in [2.05, 4.69) is 56.7 Å². The summed E-state index contributed by atoms with van der Waals surface area (Å²) in [6, 6.07) is 8.46. The number of anilines is 2. The van der Waals surface area contributed by atoms with Gasteiger partial charge in [-0.25, -0.2) is 9.37 Å². The van der Waals surface area contributed by atoms with E-state index in [1.165, 1.54) is 47.2 Å². The van der Waals surface area contributed by atoms with Gasteiger partial charge in [0.2, 0.25) is 0 Å². The van der Waals surface area contributed by atoms with Gasteiger partial charge in [0.1, 0.15) is 11.5 Å². The van der Waals surface area contributed by atoms with Crippen molar-refractivity contribution < 1.29 is 4.39 Å². The molecule has 1 aromatic carbocycles. The van der Waals surface area contributed by atoms with Crippen LogP contribution in [0.4, 0.5) is 15.8 Å². The summed E-state index contributed by atoms with van der Waals surface area (Å²) in [5.74, 6) is -0.267. The number of nitrogens with one attached hydrogen (secondary N) is 1. The number of rotatable bonds is 6. The predicted octanol–water partition coefficient (Wildman–Crippen LogP) is 4.69. The maximum Gasteiger partial charge on any atom is 0.142 e. The van der Waals surface area contributed by atoms with Crippen molar-refractivity contribution in [1.82, 2.24) is 14.5 Å². The molecule has 0 saturated heterocycles. The molecule has 2 aromatic heterocycles. The van der Waals surface area contributed by atoms with Crippen LogP contribution in [0.1, 0.15) is 43.5 Å². The zero-order valence-corrected chi connectivity index (χ0v) is 18.8. The highest BCUT2D eigenvalue weighted by Gasteiger charge is 2.28. The Hall–Kier alpha value is -2.60. The van der Waals surface area contributed by atoms with E-state index in [1.807, 2.05) is 7.05 Å². The number of hydrogen-bond acceptors (Lipinski definition) is 4. The maximum absolute atomic E-state index is 13.9. The Labute approximate surface area is 183 Å². The minimum absolute atomic E-state index is 0.267. The molecule has 2 aliphatic rings. The zero-order valence-electron chi connectivity index (χ0n) is 18.8. The number of hydrogen-bond donors (Lipinski definition) is 1. The fourth-order valence-electron chi connectivity index (χ4n) is 5.38. The molecule has 0 bridgehead atoms. The van der Waals surface area contributed by atoms with Crippen LogP contribution in [0.2, 0.25) is 0 Å². The fourth-order valence-corrected chi connectivity index (χ4v) is 5.38. The fraction of sp³-hybridized carbons (Fsp3) is 0.480. The molecule has 2 aliphatic heterocycles. The first-order valence-corrected chi connectivity index (χ1v) is 11.6. The summed E-state index contributed by atoms with van der Waals surface area (Å²) in [6.45, 7) is 8.53. The summed E-state index contributed by atoms with van der Waals surface area (Å²) < 4.78 is 16.0. The van der Waals surface area contributed by atoms with Crippen LogP contribution in [-0.4, -0.2) is 40.3 Å². The van der Waals surface area contributed by atoms with Crippen molar-refractivity contribution in [2.45, 2.75) is 52.2 Å². The van der Waals surface area contributed by atoms with E-state index in [1.54, 1.807) is 6.07 Å². The molecular weight excluding hydrogens is 389 g/mol. The largest absolute Gasteiger partial charge is 0.369 e. The molecule has 4 heterocycles. The first kappa shape index (κ1) is 20.3. The average Bonchev–Trinajstić information content (AvgIpc) is 3.32. The predicted molar refractivity (Wildman–Crippen MR) is 125 cm³/mol. The van der Waals surface area contributed by atoms with Crippen molar-refractivity contribution in [2.75, 3.05) is 29.9 Å². The number of aromatic nitrogens is 2. The van der Waals surface area contributed by atoms with Gasteiger partial charge in [0, 0.05) is 61.0 Å². The Bertz CT molecular complexity index is 1100. The number of fused-ring (bicyclic) bond motifs is 4. The van der Waals surface area contributed by atoms with Crippen LogP contribution >= 0.6 is 0 Å². The van der Waals surface area contributed by atoms with Crippen molar-refractivity contribution >= 4 is 22.4 Å². The van der Waals surface area contributed by atoms with Gasteiger partial charge in [-0.05, 0) is 55.8 Å². The first-order chi connectivity index (χ1) is 15.1. The van der Waals surface area contributed by atoms with Crippen LogP contribution in [-0.2, 0) is 26.4 Å². The van der Waals surface area contributed by atoms with Gasteiger partial charge in [-0.2, -0.15) is 0 Å². The number of pyridine rings is 1. The summed E-state index contributed by atoms with van der Waals surface area (Å²) in [7, 11) is 2.04. The molecule has 0 aliphatic carbocycles. The van der Waals surface area contributed by atoms with Crippen LogP contribution < -0.4 is 10.2 Å². The molecule has 1 atom stereocenters. The summed E-state index contributed by atoms with van der Waals surface area (Å²) in [5, 5.41) is 4.68. The Kier molecular flexibility index (Phi) is 5.34. The summed E-state index contributed by atoms with van der Waals surface area (Å²) in [6.07, 6.45) is 6.06. The Balaban J connectivity index is 1.39. The Morgan fingerprint density at radius 2 is 2.00 bits per heavy atom. The van der Waals surface area contributed by atoms with Crippen molar-refractivity contribution in [3.63, 3.8) is 0 Å². The van der Waals surface area contributed by atoms with Crippen molar-refractivity contribution in [2.24, 2.45) is 7.05 Å². The van der Waals surface area contributed by atoms with Gasteiger partial charge in [-0.3, -0.25) is 4.90 Å². The Morgan fingerprint density at radius 1 is 1.19 bits per heavy atom. The minimum Gasteiger partial charge on any atom is -0.369 e. The topological polar surface area (TPSA) is 36.3 Å². The molecular formula is C25H32FN5. The van der Waals surface area contributed by atoms with Crippen LogP contribution in [0.15, 0.2) is 30.5 Å². The number of benzene rings is 1. The lowest BCUT2D eigenvalue weighted by Crippen LogP contribution is -2.40. The second kappa shape index (κ2) is 8.15. The molecule has 0 radical (unpaired) electrons. The maximum atomic E-state index is 13.9. The summed E-state index contributed by atoms with van der Waals surface area (Å²) in [5.41, 5.74) is 7.29. The summed E-state index contributed by atoms with van der Waals surface area (Å²) >= 11 is 0. The molecule has 0 amide bonds. The quantitative estimate of drug-likeness (QED) is 0.626. The van der Waals surface area contributed by atoms with Gasteiger partial charge in [-0.1, -0.05) is 13.8 Å². The van der Waals surface area contributed by atoms with E-state index in [0.29, 0.717) is 6.17 Å². The molecule has 6 heteroatoms. The van der Waals surface area contributed by atoms with Gasteiger partial charge < -0.3 is 14.8 Å². The van der Waals surface area contributed by atoms with Crippen molar-refractivity contribution in [1.29, 1.82) is 0 Å². The van der Waals surface area contributed by atoms with Crippen molar-refractivity contribution in [3.8, 4) is 0 Å². The average molecular weight is 422 g/mol. The van der Waals surface area contributed by atoms with Gasteiger partial charge in [0.25, 0.3) is 0 Å². The van der Waals surface area contributed by atoms with Gasteiger partial charge in [-0.15, -0.1) is 0 Å². The second-order valence-corrected chi connectivity index (χ2v) is 8.92. The van der Waals surface area contributed by atoms with Gasteiger partial charge >= 0.3 is 0 Å².